The summed E-state index contributed by atoms with van der Waals surface area (Å²) in [5.41, 5.74) is 2.49. The molecule has 2 N–H and O–H groups in total. The van der Waals surface area contributed by atoms with Gasteiger partial charge in [-0.1, -0.05) is 29.8 Å². The van der Waals surface area contributed by atoms with E-state index in [1.54, 1.807) is 0 Å². The largest absolute Gasteiger partial charge is 0.481 e. The van der Waals surface area contributed by atoms with Crippen molar-refractivity contribution in [1.29, 1.82) is 0 Å². The van der Waals surface area contributed by atoms with E-state index in [0.29, 0.717) is 11.8 Å². The molecular weight excluding hydrogens is 238 g/mol. The number of aryl methyl sites for hydroxylation is 1. The third-order valence-corrected chi connectivity index (χ3v) is 4.86. The zero-order valence-corrected chi connectivity index (χ0v) is 11.3. The molecule has 3 heteroatoms. The Morgan fingerprint density at radius 1 is 1.26 bits per heavy atom. The lowest BCUT2D eigenvalue weighted by Gasteiger charge is -2.29. The molecule has 2 aliphatic rings. The number of hydrogen-bond donors (Lipinski definition) is 2. The molecule has 19 heavy (non-hydrogen) atoms. The molecule has 102 valence electrons. The Labute approximate surface area is 114 Å². The maximum atomic E-state index is 11.4. The van der Waals surface area contributed by atoms with Gasteiger partial charge in [-0.2, -0.15) is 0 Å². The molecule has 0 radical (unpaired) electrons. The second kappa shape index (κ2) is 4.97. The maximum absolute atomic E-state index is 11.4. The van der Waals surface area contributed by atoms with Crippen molar-refractivity contribution in [3.8, 4) is 0 Å². The third-order valence-electron chi connectivity index (χ3n) is 4.86. The van der Waals surface area contributed by atoms with Gasteiger partial charge in [-0.3, -0.25) is 4.79 Å². The average molecular weight is 259 g/mol. The van der Waals surface area contributed by atoms with Gasteiger partial charge >= 0.3 is 5.97 Å². The first-order valence-electron chi connectivity index (χ1n) is 7.17. The number of rotatable bonds is 4. The summed E-state index contributed by atoms with van der Waals surface area (Å²) in [5, 5.41) is 12.9. The lowest BCUT2D eigenvalue weighted by atomic mass is 9.84. The fourth-order valence-corrected chi connectivity index (χ4v) is 3.88. The van der Waals surface area contributed by atoms with Gasteiger partial charge in [0, 0.05) is 12.6 Å². The molecule has 4 atom stereocenters. The van der Waals surface area contributed by atoms with Crippen molar-refractivity contribution in [2.24, 2.45) is 17.8 Å². The summed E-state index contributed by atoms with van der Waals surface area (Å²) < 4.78 is 0. The SMILES string of the molecule is Cc1ccc(CNC2C3CCC(C3)C2C(=O)O)cc1. The minimum Gasteiger partial charge on any atom is -0.481 e. The Morgan fingerprint density at radius 3 is 2.63 bits per heavy atom. The second-order valence-electron chi connectivity index (χ2n) is 6.09. The molecule has 0 saturated heterocycles. The minimum atomic E-state index is -0.617. The summed E-state index contributed by atoms with van der Waals surface area (Å²) in [7, 11) is 0. The molecule has 2 fully saturated rings. The molecular formula is C16H21NO2. The highest BCUT2D eigenvalue weighted by Gasteiger charge is 2.50. The van der Waals surface area contributed by atoms with Gasteiger partial charge in [0.25, 0.3) is 0 Å². The van der Waals surface area contributed by atoms with E-state index in [9.17, 15) is 9.90 Å². The van der Waals surface area contributed by atoms with Crippen LogP contribution in [0.25, 0.3) is 0 Å². The van der Waals surface area contributed by atoms with Gasteiger partial charge in [-0.15, -0.1) is 0 Å². The zero-order valence-electron chi connectivity index (χ0n) is 11.3. The van der Waals surface area contributed by atoms with Crippen molar-refractivity contribution < 1.29 is 9.90 Å². The van der Waals surface area contributed by atoms with Crippen molar-refractivity contribution >= 4 is 5.97 Å². The Bertz CT molecular complexity index is 468. The Kier molecular flexibility index (Phi) is 3.31. The van der Waals surface area contributed by atoms with E-state index < -0.39 is 5.97 Å². The van der Waals surface area contributed by atoms with Crippen LogP contribution in [0.4, 0.5) is 0 Å². The van der Waals surface area contributed by atoms with Gasteiger partial charge in [0.2, 0.25) is 0 Å². The van der Waals surface area contributed by atoms with Crippen LogP contribution in [0.1, 0.15) is 30.4 Å². The summed E-state index contributed by atoms with van der Waals surface area (Å²) in [6, 6.07) is 8.60. The normalized spacial score (nSPS) is 32.7. The first kappa shape index (κ1) is 12.7. The van der Waals surface area contributed by atoms with Crippen LogP contribution in [-0.2, 0) is 11.3 Å². The van der Waals surface area contributed by atoms with Gasteiger partial charge in [0.15, 0.2) is 0 Å². The van der Waals surface area contributed by atoms with E-state index in [0.717, 1.165) is 19.4 Å². The molecule has 0 aliphatic heterocycles. The van der Waals surface area contributed by atoms with E-state index >= 15 is 0 Å². The van der Waals surface area contributed by atoms with Crippen LogP contribution in [0.5, 0.6) is 0 Å². The molecule has 0 amide bonds. The Balaban J connectivity index is 1.65. The molecule has 4 unspecified atom stereocenters. The highest BCUT2D eigenvalue weighted by atomic mass is 16.4. The van der Waals surface area contributed by atoms with Crippen LogP contribution in [0.15, 0.2) is 24.3 Å². The summed E-state index contributed by atoms with van der Waals surface area (Å²) in [6.07, 6.45) is 3.40. The highest BCUT2D eigenvalue weighted by molar-refractivity contribution is 5.72. The second-order valence-corrected chi connectivity index (χ2v) is 6.09. The number of aliphatic carboxylic acids is 1. The van der Waals surface area contributed by atoms with Crippen molar-refractivity contribution in [2.45, 2.75) is 38.8 Å². The van der Waals surface area contributed by atoms with Gasteiger partial charge in [0.1, 0.15) is 0 Å². The molecule has 2 aliphatic carbocycles. The standard InChI is InChI=1S/C16H21NO2/c1-10-2-4-11(5-3-10)9-17-15-13-7-6-12(8-13)14(15)16(18)19/h2-5,12-15,17H,6-9H2,1H3,(H,18,19). The predicted molar refractivity (Wildman–Crippen MR) is 73.8 cm³/mol. The van der Waals surface area contributed by atoms with E-state index in [1.807, 2.05) is 0 Å². The van der Waals surface area contributed by atoms with Crippen molar-refractivity contribution in [2.75, 3.05) is 0 Å². The van der Waals surface area contributed by atoms with Gasteiger partial charge in [0.05, 0.1) is 5.92 Å². The van der Waals surface area contributed by atoms with E-state index in [2.05, 4.69) is 36.5 Å². The topological polar surface area (TPSA) is 49.3 Å². The van der Waals surface area contributed by atoms with E-state index in [4.69, 9.17) is 0 Å². The first-order chi connectivity index (χ1) is 9.15. The molecule has 0 heterocycles. The molecule has 3 rings (SSSR count). The third kappa shape index (κ3) is 2.39. The summed E-state index contributed by atoms with van der Waals surface area (Å²) in [5.74, 6) is 0.173. The molecule has 1 aromatic carbocycles. The van der Waals surface area contributed by atoms with Gasteiger partial charge in [-0.25, -0.2) is 0 Å². The fourth-order valence-electron chi connectivity index (χ4n) is 3.88. The highest BCUT2D eigenvalue weighted by Crippen LogP contribution is 2.48. The fraction of sp³-hybridized carbons (Fsp3) is 0.562. The maximum Gasteiger partial charge on any atom is 0.308 e. The summed E-state index contributed by atoms with van der Waals surface area (Å²) in [6.45, 7) is 2.85. The minimum absolute atomic E-state index is 0.164. The number of carboxylic acid groups (broad SMARTS) is 1. The molecule has 2 saturated carbocycles. The van der Waals surface area contributed by atoms with Crippen LogP contribution < -0.4 is 5.32 Å². The van der Waals surface area contributed by atoms with Crippen LogP contribution in [-0.4, -0.2) is 17.1 Å². The summed E-state index contributed by atoms with van der Waals surface area (Å²) >= 11 is 0. The van der Waals surface area contributed by atoms with Gasteiger partial charge in [-0.05, 0) is 43.6 Å². The quantitative estimate of drug-likeness (QED) is 0.873. The number of benzene rings is 1. The number of hydrogen-bond acceptors (Lipinski definition) is 2. The molecule has 3 nitrogen and oxygen atoms in total. The molecule has 2 bridgehead atoms. The van der Waals surface area contributed by atoms with Gasteiger partial charge < -0.3 is 10.4 Å². The first-order valence-corrected chi connectivity index (χ1v) is 7.17. The van der Waals surface area contributed by atoms with Crippen molar-refractivity contribution in [3.63, 3.8) is 0 Å². The van der Waals surface area contributed by atoms with Crippen LogP contribution in [0.2, 0.25) is 0 Å². The number of carbonyl (C=O) groups is 1. The van der Waals surface area contributed by atoms with E-state index in [1.165, 1.54) is 17.5 Å². The Hall–Kier alpha value is -1.35. The molecule has 0 spiro atoms. The lowest BCUT2D eigenvalue weighted by Crippen LogP contribution is -2.43. The zero-order chi connectivity index (χ0) is 13.4. The number of fused-ring (bicyclic) bond motifs is 2. The van der Waals surface area contributed by atoms with Crippen LogP contribution in [0.3, 0.4) is 0 Å². The van der Waals surface area contributed by atoms with E-state index in [-0.39, 0.29) is 12.0 Å². The molecule has 1 aromatic rings. The van der Waals surface area contributed by atoms with Crippen molar-refractivity contribution in [3.05, 3.63) is 35.4 Å². The smallest absolute Gasteiger partial charge is 0.308 e. The number of carboxylic acids is 1. The van der Waals surface area contributed by atoms with Crippen LogP contribution in [0, 0.1) is 24.7 Å². The summed E-state index contributed by atoms with van der Waals surface area (Å²) in [4.78, 5) is 11.4. The monoisotopic (exact) mass is 259 g/mol. The predicted octanol–water partition coefficient (Wildman–Crippen LogP) is 2.58. The molecule has 0 aromatic heterocycles. The average Bonchev–Trinajstić information content (AvgIpc) is 2.98. The van der Waals surface area contributed by atoms with Crippen LogP contribution >= 0.6 is 0 Å². The number of nitrogens with one attached hydrogen (secondary N) is 1. The lowest BCUT2D eigenvalue weighted by molar-refractivity contribution is -0.144. The Morgan fingerprint density at radius 2 is 1.95 bits per heavy atom. The van der Waals surface area contributed by atoms with Crippen molar-refractivity contribution in [1.82, 2.24) is 5.32 Å².